The maximum Gasteiger partial charge on any atom is 0.416 e. The quantitative estimate of drug-likeness (QED) is 0.505. The molecular weight excluding hydrogens is 393 g/mol. The number of aromatic nitrogens is 3. The SMILES string of the molecule is C=CCn1c(COc2cccc(C(F)(F)F)c2)nnc1SCC(=O)NC1CC1. The lowest BCUT2D eigenvalue weighted by atomic mass is 10.2. The van der Waals surface area contributed by atoms with Crippen LogP contribution >= 0.6 is 11.8 Å². The number of carbonyl (C=O) groups is 1. The zero-order chi connectivity index (χ0) is 20.1. The number of rotatable bonds is 9. The second kappa shape index (κ2) is 8.68. The fourth-order valence-electron chi connectivity index (χ4n) is 2.38. The number of carbonyl (C=O) groups excluding carboxylic acids is 1. The fourth-order valence-corrected chi connectivity index (χ4v) is 3.16. The number of nitrogens with one attached hydrogen (secondary N) is 1. The van der Waals surface area contributed by atoms with Gasteiger partial charge in [0.15, 0.2) is 11.0 Å². The number of benzene rings is 1. The molecule has 1 heterocycles. The molecule has 1 amide bonds. The summed E-state index contributed by atoms with van der Waals surface area (Å²) >= 11 is 1.24. The molecule has 0 radical (unpaired) electrons. The third-order valence-electron chi connectivity index (χ3n) is 3.91. The molecule has 10 heteroatoms. The summed E-state index contributed by atoms with van der Waals surface area (Å²) in [5.41, 5.74) is -0.782. The fraction of sp³-hybridized carbons (Fsp3) is 0.389. The van der Waals surface area contributed by atoms with Gasteiger partial charge in [-0.05, 0) is 31.0 Å². The normalized spacial score (nSPS) is 14.0. The van der Waals surface area contributed by atoms with Crippen molar-refractivity contribution < 1.29 is 22.7 Å². The molecule has 1 aromatic carbocycles. The van der Waals surface area contributed by atoms with Crippen LogP contribution < -0.4 is 10.1 Å². The Morgan fingerprint density at radius 2 is 2.18 bits per heavy atom. The van der Waals surface area contributed by atoms with Crippen LogP contribution in [0.5, 0.6) is 5.75 Å². The van der Waals surface area contributed by atoms with E-state index in [9.17, 15) is 18.0 Å². The topological polar surface area (TPSA) is 69.0 Å². The summed E-state index contributed by atoms with van der Waals surface area (Å²) in [6.45, 7) is 4.02. The third-order valence-corrected chi connectivity index (χ3v) is 4.88. The van der Waals surface area contributed by atoms with Crippen LogP contribution in [-0.4, -0.2) is 32.5 Å². The van der Waals surface area contributed by atoms with Gasteiger partial charge in [0.05, 0.1) is 11.3 Å². The Labute approximate surface area is 164 Å². The van der Waals surface area contributed by atoms with Crippen LogP contribution in [-0.2, 0) is 24.1 Å². The van der Waals surface area contributed by atoms with E-state index in [0.717, 1.165) is 25.0 Å². The number of ether oxygens (including phenoxy) is 1. The number of amides is 1. The van der Waals surface area contributed by atoms with Gasteiger partial charge in [0.2, 0.25) is 5.91 Å². The summed E-state index contributed by atoms with van der Waals surface area (Å²) in [6.07, 6.45) is -0.765. The van der Waals surface area contributed by atoms with Crippen LogP contribution in [0, 0.1) is 0 Å². The summed E-state index contributed by atoms with van der Waals surface area (Å²) in [7, 11) is 0. The van der Waals surface area contributed by atoms with Gasteiger partial charge >= 0.3 is 6.18 Å². The maximum absolute atomic E-state index is 12.8. The molecule has 150 valence electrons. The summed E-state index contributed by atoms with van der Waals surface area (Å²) in [4.78, 5) is 11.8. The van der Waals surface area contributed by atoms with E-state index in [0.29, 0.717) is 17.5 Å². The van der Waals surface area contributed by atoms with Crippen LogP contribution in [0.25, 0.3) is 0 Å². The number of hydrogen-bond donors (Lipinski definition) is 1. The molecule has 2 aromatic rings. The van der Waals surface area contributed by atoms with E-state index >= 15 is 0 Å². The van der Waals surface area contributed by atoms with E-state index in [1.807, 2.05) is 0 Å². The summed E-state index contributed by atoms with van der Waals surface area (Å²) in [5.74, 6) is 0.658. The summed E-state index contributed by atoms with van der Waals surface area (Å²) in [6, 6.07) is 4.93. The molecule has 0 bridgehead atoms. The first-order chi connectivity index (χ1) is 13.4. The molecule has 1 aromatic heterocycles. The van der Waals surface area contributed by atoms with Crippen molar-refractivity contribution in [3.63, 3.8) is 0 Å². The average molecular weight is 412 g/mol. The molecule has 6 nitrogen and oxygen atoms in total. The van der Waals surface area contributed by atoms with E-state index in [2.05, 4.69) is 22.1 Å². The minimum Gasteiger partial charge on any atom is -0.486 e. The van der Waals surface area contributed by atoms with Crippen molar-refractivity contribution in [3.8, 4) is 5.75 Å². The first kappa shape index (κ1) is 20.2. The highest BCUT2D eigenvalue weighted by Gasteiger charge is 2.30. The number of halogens is 3. The Hall–Kier alpha value is -2.49. The van der Waals surface area contributed by atoms with Gasteiger partial charge in [0.25, 0.3) is 0 Å². The number of nitrogens with zero attached hydrogens (tertiary/aromatic N) is 3. The van der Waals surface area contributed by atoms with Gasteiger partial charge in [0.1, 0.15) is 12.4 Å². The van der Waals surface area contributed by atoms with E-state index in [-0.39, 0.29) is 30.1 Å². The molecule has 1 fully saturated rings. The van der Waals surface area contributed by atoms with Crippen molar-refractivity contribution in [1.29, 1.82) is 0 Å². The number of allylic oxidation sites excluding steroid dienone is 1. The van der Waals surface area contributed by atoms with Crippen molar-refractivity contribution in [3.05, 3.63) is 48.3 Å². The predicted octanol–water partition coefficient (Wildman–Crippen LogP) is 3.43. The zero-order valence-corrected chi connectivity index (χ0v) is 15.7. The minimum absolute atomic E-state index is 0.0586. The smallest absolute Gasteiger partial charge is 0.416 e. The number of hydrogen-bond acceptors (Lipinski definition) is 5. The molecule has 3 rings (SSSR count). The van der Waals surface area contributed by atoms with Gasteiger partial charge in [-0.3, -0.25) is 9.36 Å². The second-order valence-electron chi connectivity index (χ2n) is 6.24. The average Bonchev–Trinajstić information content (AvgIpc) is 3.38. The highest BCUT2D eigenvalue weighted by atomic mass is 32.2. The van der Waals surface area contributed by atoms with Crippen molar-refractivity contribution in [2.24, 2.45) is 0 Å². The molecule has 0 saturated heterocycles. The lowest BCUT2D eigenvalue weighted by Gasteiger charge is -2.11. The lowest BCUT2D eigenvalue weighted by molar-refractivity contribution is -0.137. The number of thioether (sulfide) groups is 1. The van der Waals surface area contributed by atoms with Gasteiger partial charge in [-0.2, -0.15) is 13.2 Å². The predicted molar refractivity (Wildman–Crippen MR) is 97.9 cm³/mol. The highest BCUT2D eigenvalue weighted by Crippen LogP contribution is 2.31. The number of alkyl halides is 3. The van der Waals surface area contributed by atoms with E-state index in [1.165, 1.54) is 23.9 Å². The van der Waals surface area contributed by atoms with Crippen LogP contribution in [0.2, 0.25) is 0 Å². The Balaban J connectivity index is 1.64. The van der Waals surface area contributed by atoms with Gasteiger partial charge < -0.3 is 10.1 Å². The Bertz CT molecular complexity index is 850. The van der Waals surface area contributed by atoms with Crippen LogP contribution in [0.4, 0.5) is 13.2 Å². The lowest BCUT2D eigenvalue weighted by Crippen LogP contribution is -2.27. The van der Waals surface area contributed by atoms with E-state index in [1.54, 1.807) is 10.6 Å². The first-order valence-electron chi connectivity index (χ1n) is 8.62. The van der Waals surface area contributed by atoms with Gasteiger partial charge in [-0.25, -0.2) is 0 Å². The molecule has 0 atom stereocenters. The van der Waals surface area contributed by atoms with Crippen LogP contribution in [0.1, 0.15) is 24.2 Å². The monoisotopic (exact) mass is 412 g/mol. The third kappa shape index (κ3) is 5.51. The van der Waals surface area contributed by atoms with Gasteiger partial charge in [0, 0.05) is 12.6 Å². The Morgan fingerprint density at radius 3 is 2.86 bits per heavy atom. The zero-order valence-electron chi connectivity index (χ0n) is 14.9. The molecule has 1 saturated carbocycles. The van der Waals surface area contributed by atoms with E-state index in [4.69, 9.17) is 4.74 Å². The van der Waals surface area contributed by atoms with E-state index < -0.39 is 11.7 Å². The molecule has 1 aliphatic carbocycles. The van der Waals surface area contributed by atoms with Gasteiger partial charge in [-0.15, -0.1) is 16.8 Å². The largest absolute Gasteiger partial charge is 0.486 e. The summed E-state index contributed by atoms with van der Waals surface area (Å²) in [5, 5.41) is 11.5. The van der Waals surface area contributed by atoms with Crippen molar-refractivity contribution >= 4 is 17.7 Å². The van der Waals surface area contributed by atoms with Crippen molar-refractivity contribution in [1.82, 2.24) is 20.1 Å². The Morgan fingerprint density at radius 1 is 1.39 bits per heavy atom. The molecule has 0 spiro atoms. The van der Waals surface area contributed by atoms with Crippen LogP contribution in [0.15, 0.2) is 42.1 Å². The van der Waals surface area contributed by atoms with Crippen LogP contribution in [0.3, 0.4) is 0 Å². The van der Waals surface area contributed by atoms with Gasteiger partial charge in [-0.1, -0.05) is 23.9 Å². The van der Waals surface area contributed by atoms with Crippen molar-refractivity contribution in [2.45, 2.75) is 43.4 Å². The van der Waals surface area contributed by atoms with Crippen molar-refractivity contribution in [2.75, 3.05) is 5.75 Å². The molecule has 0 unspecified atom stereocenters. The standard InChI is InChI=1S/C18H19F3N4O2S/c1-2-8-25-15(10-27-14-5-3-4-12(9-14)18(19,20)21)23-24-17(25)28-11-16(26)22-13-6-7-13/h2-5,9,13H,1,6-8,10-11H2,(H,22,26). The molecule has 0 aliphatic heterocycles. The molecule has 1 aliphatic rings. The Kier molecular flexibility index (Phi) is 6.28. The molecule has 28 heavy (non-hydrogen) atoms. The summed E-state index contributed by atoms with van der Waals surface area (Å²) < 4.78 is 45.6. The maximum atomic E-state index is 12.8. The molecule has 1 N–H and O–H groups in total. The minimum atomic E-state index is -4.44. The second-order valence-corrected chi connectivity index (χ2v) is 7.19. The first-order valence-corrected chi connectivity index (χ1v) is 9.60. The highest BCUT2D eigenvalue weighted by molar-refractivity contribution is 7.99. The molecular formula is C18H19F3N4O2S.